The van der Waals surface area contributed by atoms with Gasteiger partial charge >= 0.3 is 0 Å². The van der Waals surface area contributed by atoms with Gasteiger partial charge in [0.25, 0.3) is 0 Å². The molecule has 1 unspecified atom stereocenters. The third-order valence-electron chi connectivity index (χ3n) is 3.89. The topological polar surface area (TPSA) is 39.1 Å². The van der Waals surface area contributed by atoms with E-state index in [1.807, 2.05) is 18.2 Å². The largest absolute Gasteiger partial charge is 0.311 e. The van der Waals surface area contributed by atoms with E-state index in [9.17, 15) is 0 Å². The van der Waals surface area contributed by atoms with Crippen LogP contribution in [0.4, 0.5) is 0 Å². The van der Waals surface area contributed by atoms with Gasteiger partial charge in [0.05, 0.1) is 11.6 Å². The number of benzene rings is 1. The van der Waals surface area contributed by atoms with E-state index in [0.29, 0.717) is 6.04 Å². The molecule has 2 rings (SSSR count). The molecule has 0 bridgehead atoms. The third-order valence-corrected chi connectivity index (χ3v) is 3.89. The molecule has 1 saturated heterocycles. The highest BCUT2D eigenvalue weighted by atomic mass is 15.2. The van der Waals surface area contributed by atoms with Crippen molar-refractivity contribution in [1.29, 1.82) is 5.26 Å². The van der Waals surface area contributed by atoms with Crippen LogP contribution in [-0.2, 0) is 6.54 Å². The maximum atomic E-state index is 8.88. The highest BCUT2D eigenvalue weighted by Gasteiger charge is 2.19. The smallest absolute Gasteiger partial charge is 0.0991 e. The second-order valence-electron chi connectivity index (χ2n) is 5.25. The number of rotatable bonds is 6. The first kappa shape index (κ1) is 14.0. The van der Waals surface area contributed by atoms with Crippen LogP contribution in [0.15, 0.2) is 24.3 Å². The number of nitriles is 1. The number of nitrogens with zero attached hydrogens (tertiary/aromatic N) is 2. The maximum Gasteiger partial charge on any atom is 0.0991 e. The molecule has 0 radical (unpaired) electrons. The Morgan fingerprint density at radius 2 is 2.16 bits per heavy atom. The lowest BCUT2D eigenvalue weighted by Crippen LogP contribution is -2.40. The molecule has 1 heterocycles. The molecule has 0 aromatic heterocycles. The Kier molecular flexibility index (Phi) is 5.38. The molecule has 0 amide bonds. The maximum absolute atomic E-state index is 8.88. The summed E-state index contributed by atoms with van der Waals surface area (Å²) in [6.07, 6.45) is 3.90. The average molecular weight is 257 g/mol. The molecule has 1 aliphatic rings. The van der Waals surface area contributed by atoms with Gasteiger partial charge < -0.3 is 5.32 Å². The molecular formula is C16H23N3. The van der Waals surface area contributed by atoms with Crippen LogP contribution in [0.2, 0.25) is 0 Å². The van der Waals surface area contributed by atoms with Gasteiger partial charge in [0.15, 0.2) is 0 Å². The van der Waals surface area contributed by atoms with Crippen molar-refractivity contribution >= 4 is 0 Å². The number of nitrogens with one attached hydrogen (secondary N) is 1. The minimum Gasteiger partial charge on any atom is -0.311 e. The zero-order chi connectivity index (χ0) is 13.5. The van der Waals surface area contributed by atoms with Gasteiger partial charge in [-0.2, -0.15) is 5.26 Å². The average Bonchev–Trinajstić information content (AvgIpc) is 2.98. The van der Waals surface area contributed by atoms with Crippen LogP contribution in [0.25, 0.3) is 0 Å². The molecule has 1 fully saturated rings. The minimum absolute atomic E-state index is 0.654. The molecular weight excluding hydrogens is 234 g/mol. The van der Waals surface area contributed by atoms with Crippen molar-refractivity contribution in [3.8, 4) is 6.07 Å². The van der Waals surface area contributed by atoms with Crippen molar-refractivity contribution in [2.45, 2.75) is 38.8 Å². The van der Waals surface area contributed by atoms with E-state index in [2.05, 4.69) is 29.3 Å². The van der Waals surface area contributed by atoms with E-state index in [4.69, 9.17) is 5.26 Å². The summed E-state index contributed by atoms with van der Waals surface area (Å²) in [5.74, 6) is 0. The summed E-state index contributed by atoms with van der Waals surface area (Å²) < 4.78 is 0. The summed E-state index contributed by atoms with van der Waals surface area (Å²) in [5.41, 5.74) is 1.93. The molecule has 102 valence electrons. The molecule has 19 heavy (non-hydrogen) atoms. The van der Waals surface area contributed by atoms with Crippen LogP contribution in [0.5, 0.6) is 0 Å². The first-order valence-corrected chi connectivity index (χ1v) is 7.27. The molecule has 1 N–H and O–H groups in total. The van der Waals surface area contributed by atoms with E-state index in [0.717, 1.165) is 18.7 Å². The molecule has 1 aliphatic heterocycles. The SMILES string of the molecule is CCC(CNCc1cccc(C#N)c1)N1CCCC1. The summed E-state index contributed by atoms with van der Waals surface area (Å²) in [5, 5.41) is 12.4. The van der Waals surface area contributed by atoms with Gasteiger partial charge in [-0.05, 0) is 50.0 Å². The van der Waals surface area contributed by atoms with Gasteiger partial charge in [0, 0.05) is 19.1 Å². The Labute approximate surface area is 116 Å². The predicted molar refractivity (Wildman–Crippen MR) is 77.7 cm³/mol. The minimum atomic E-state index is 0.654. The quantitative estimate of drug-likeness (QED) is 0.851. The van der Waals surface area contributed by atoms with Crippen LogP contribution < -0.4 is 5.32 Å². The third kappa shape index (κ3) is 4.05. The van der Waals surface area contributed by atoms with Crippen molar-refractivity contribution in [3.63, 3.8) is 0 Å². The van der Waals surface area contributed by atoms with Gasteiger partial charge in [0.2, 0.25) is 0 Å². The number of hydrogen-bond acceptors (Lipinski definition) is 3. The zero-order valence-corrected chi connectivity index (χ0v) is 11.7. The lowest BCUT2D eigenvalue weighted by molar-refractivity contribution is 0.229. The summed E-state index contributed by atoms with van der Waals surface area (Å²) in [7, 11) is 0. The van der Waals surface area contributed by atoms with Gasteiger partial charge in [-0.15, -0.1) is 0 Å². The molecule has 3 nitrogen and oxygen atoms in total. The highest BCUT2D eigenvalue weighted by molar-refractivity contribution is 5.32. The number of hydrogen-bond donors (Lipinski definition) is 1. The first-order valence-electron chi connectivity index (χ1n) is 7.27. The normalized spacial score (nSPS) is 17.3. The monoisotopic (exact) mass is 257 g/mol. The first-order chi connectivity index (χ1) is 9.33. The van der Waals surface area contributed by atoms with Gasteiger partial charge in [0.1, 0.15) is 0 Å². The number of likely N-dealkylation sites (tertiary alicyclic amines) is 1. The van der Waals surface area contributed by atoms with Crippen molar-refractivity contribution in [1.82, 2.24) is 10.2 Å². The fourth-order valence-electron chi connectivity index (χ4n) is 2.77. The Morgan fingerprint density at radius 1 is 1.37 bits per heavy atom. The Bertz CT molecular complexity index is 430. The predicted octanol–water partition coefficient (Wildman–Crippen LogP) is 2.52. The lowest BCUT2D eigenvalue weighted by Gasteiger charge is -2.26. The molecule has 0 aliphatic carbocycles. The van der Waals surface area contributed by atoms with E-state index in [-0.39, 0.29) is 0 Å². The van der Waals surface area contributed by atoms with E-state index >= 15 is 0 Å². The van der Waals surface area contributed by atoms with Gasteiger partial charge in [-0.25, -0.2) is 0 Å². The molecule has 3 heteroatoms. The summed E-state index contributed by atoms with van der Waals surface area (Å²) in [6.45, 7) is 6.66. The van der Waals surface area contributed by atoms with Crippen LogP contribution in [-0.4, -0.2) is 30.6 Å². The molecule has 0 saturated carbocycles. The second-order valence-corrected chi connectivity index (χ2v) is 5.25. The fraction of sp³-hybridized carbons (Fsp3) is 0.562. The Hall–Kier alpha value is -1.37. The second kappa shape index (κ2) is 7.28. The lowest BCUT2D eigenvalue weighted by atomic mass is 10.1. The van der Waals surface area contributed by atoms with Crippen molar-refractivity contribution in [2.75, 3.05) is 19.6 Å². The Balaban J connectivity index is 1.79. The van der Waals surface area contributed by atoms with Crippen LogP contribution >= 0.6 is 0 Å². The Morgan fingerprint density at radius 3 is 2.84 bits per heavy atom. The molecule has 1 atom stereocenters. The molecule has 0 spiro atoms. The van der Waals surface area contributed by atoms with E-state index in [1.54, 1.807) is 0 Å². The summed E-state index contributed by atoms with van der Waals surface area (Å²) in [6, 6.07) is 10.7. The standard InChI is InChI=1S/C16H23N3/c1-2-16(19-8-3-4-9-19)13-18-12-15-7-5-6-14(10-15)11-17/h5-7,10,16,18H,2-4,8-9,12-13H2,1H3. The van der Waals surface area contributed by atoms with Gasteiger partial charge in [-0.1, -0.05) is 19.1 Å². The van der Waals surface area contributed by atoms with Crippen LogP contribution in [0.3, 0.4) is 0 Å². The van der Waals surface area contributed by atoms with Crippen molar-refractivity contribution in [2.24, 2.45) is 0 Å². The van der Waals surface area contributed by atoms with E-state index < -0.39 is 0 Å². The van der Waals surface area contributed by atoms with Crippen LogP contribution in [0.1, 0.15) is 37.3 Å². The molecule has 1 aromatic carbocycles. The highest BCUT2D eigenvalue weighted by Crippen LogP contribution is 2.13. The summed E-state index contributed by atoms with van der Waals surface area (Å²) >= 11 is 0. The van der Waals surface area contributed by atoms with Crippen molar-refractivity contribution in [3.05, 3.63) is 35.4 Å². The van der Waals surface area contributed by atoms with Crippen LogP contribution in [0, 0.1) is 11.3 Å². The fourth-order valence-corrected chi connectivity index (χ4v) is 2.77. The molecule has 1 aromatic rings. The zero-order valence-electron chi connectivity index (χ0n) is 11.7. The summed E-state index contributed by atoms with van der Waals surface area (Å²) in [4.78, 5) is 2.60. The van der Waals surface area contributed by atoms with Gasteiger partial charge in [-0.3, -0.25) is 4.90 Å². The van der Waals surface area contributed by atoms with Crippen molar-refractivity contribution < 1.29 is 0 Å². The van der Waals surface area contributed by atoms with E-state index in [1.165, 1.54) is 37.9 Å².